The summed E-state index contributed by atoms with van der Waals surface area (Å²) in [7, 11) is -1.43. The molecule has 0 N–H and O–H groups in total. The second-order valence-electron chi connectivity index (χ2n) is 4.48. The van der Waals surface area contributed by atoms with E-state index in [1.54, 1.807) is 0 Å². The van der Waals surface area contributed by atoms with E-state index < -0.39 is 8.32 Å². The zero-order chi connectivity index (χ0) is 9.90. The van der Waals surface area contributed by atoms with E-state index in [1.165, 1.54) is 0 Å². The summed E-state index contributed by atoms with van der Waals surface area (Å²) in [6, 6.07) is 0. The van der Waals surface area contributed by atoms with Crippen LogP contribution in [0.4, 0.5) is 0 Å². The Morgan fingerprint density at radius 3 is 2.69 bits per heavy atom. The molecule has 0 saturated carbocycles. The van der Waals surface area contributed by atoms with Crippen LogP contribution in [0.5, 0.6) is 0 Å². The summed E-state index contributed by atoms with van der Waals surface area (Å²) in [5.74, 6) is 0. The zero-order valence-corrected chi connectivity index (χ0v) is 9.88. The van der Waals surface area contributed by atoms with Crippen LogP contribution in [-0.4, -0.2) is 27.1 Å². The lowest BCUT2D eigenvalue weighted by molar-refractivity contribution is -0.0397. The molecule has 0 unspecified atom stereocenters. The fraction of sp³-hybridized carbons (Fsp3) is 0.800. The molecule has 0 bridgehead atoms. The Labute approximate surface area is 82.1 Å². The van der Waals surface area contributed by atoms with Gasteiger partial charge in [0.2, 0.25) is 0 Å². The minimum absolute atomic E-state index is 0.112. The fourth-order valence-corrected chi connectivity index (χ4v) is 2.74. The lowest BCUT2D eigenvalue weighted by atomic mass is 10.1. The maximum atomic E-state index is 6.02. The summed E-state index contributed by atoms with van der Waals surface area (Å²) in [6.45, 7) is 11.3. The molecule has 0 amide bonds. The van der Waals surface area contributed by atoms with Gasteiger partial charge in [0.1, 0.15) is 6.10 Å². The monoisotopic (exact) mass is 200 g/mol. The van der Waals surface area contributed by atoms with Crippen LogP contribution in [0, 0.1) is 0 Å². The average molecular weight is 200 g/mol. The highest BCUT2D eigenvalue weighted by Crippen LogP contribution is 2.21. The van der Waals surface area contributed by atoms with Crippen molar-refractivity contribution in [2.45, 2.75) is 44.7 Å². The predicted octanol–water partition coefficient (Wildman–Crippen LogP) is 2.57. The van der Waals surface area contributed by atoms with Crippen LogP contribution >= 0.6 is 0 Å². The second-order valence-corrected chi connectivity index (χ2v) is 8.94. The second kappa shape index (κ2) is 4.40. The molecule has 0 spiro atoms. The number of hydrogen-bond acceptors (Lipinski definition) is 2. The molecule has 0 aliphatic carbocycles. The molecule has 13 heavy (non-hydrogen) atoms. The number of rotatable bonds is 3. The Bertz CT molecular complexity index is 174. The smallest absolute Gasteiger partial charge is 0.184 e. The quantitative estimate of drug-likeness (QED) is 0.515. The van der Waals surface area contributed by atoms with Crippen molar-refractivity contribution < 1.29 is 9.16 Å². The summed E-state index contributed by atoms with van der Waals surface area (Å²) in [5.41, 5.74) is 0. The molecule has 3 heteroatoms. The average Bonchev–Trinajstić information content (AvgIpc) is 2.02. The van der Waals surface area contributed by atoms with Crippen LogP contribution < -0.4 is 0 Å². The van der Waals surface area contributed by atoms with Crippen molar-refractivity contribution in [3.63, 3.8) is 0 Å². The van der Waals surface area contributed by atoms with Gasteiger partial charge in [-0.3, -0.25) is 0 Å². The van der Waals surface area contributed by atoms with Gasteiger partial charge in [-0.2, -0.15) is 0 Å². The molecule has 76 valence electrons. The summed E-state index contributed by atoms with van der Waals surface area (Å²) in [5, 5.41) is 0. The third-order valence-electron chi connectivity index (χ3n) is 2.05. The van der Waals surface area contributed by atoms with Crippen molar-refractivity contribution in [2.24, 2.45) is 0 Å². The van der Waals surface area contributed by atoms with Crippen LogP contribution in [0.1, 0.15) is 12.8 Å². The first kappa shape index (κ1) is 11.0. The summed E-state index contributed by atoms with van der Waals surface area (Å²) < 4.78 is 11.6. The van der Waals surface area contributed by atoms with Gasteiger partial charge in [-0.1, -0.05) is 6.08 Å². The molecule has 0 radical (unpaired) electrons. The first-order valence-electron chi connectivity index (χ1n) is 4.95. The Balaban J connectivity index is 2.50. The van der Waals surface area contributed by atoms with Gasteiger partial charge < -0.3 is 9.16 Å². The van der Waals surface area contributed by atoms with Crippen LogP contribution in [0.25, 0.3) is 0 Å². The normalized spacial score (nSPS) is 30.1. The Morgan fingerprint density at radius 2 is 2.15 bits per heavy atom. The zero-order valence-electron chi connectivity index (χ0n) is 8.88. The van der Waals surface area contributed by atoms with Gasteiger partial charge in [0, 0.05) is 6.61 Å². The minimum Gasteiger partial charge on any atom is -0.412 e. The van der Waals surface area contributed by atoms with Gasteiger partial charge in [0.05, 0.1) is 6.10 Å². The van der Waals surface area contributed by atoms with Gasteiger partial charge in [0.25, 0.3) is 0 Å². The fourth-order valence-electron chi connectivity index (χ4n) is 1.58. The predicted molar refractivity (Wildman–Crippen MR) is 57.4 cm³/mol. The van der Waals surface area contributed by atoms with Crippen molar-refractivity contribution >= 4 is 8.32 Å². The maximum absolute atomic E-state index is 6.02. The van der Waals surface area contributed by atoms with E-state index in [-0.39, 0.29) is 12.2 Å². The van der Waals surface area contributed by atoms with Gasteiger partial charge in [-0.25, -0.2) is 0 Å². The first-order valence-corrected chi connectivity index (χ1v) is 8.36. The van der Waals surface area contributed by atoms with Crippen molar-refractivity contribution in [1.29, 1.82) is 0 Å². The van der Waals surface area contributed by atoms with Crippen molar-refractivity contribution in [3.05, 3.63) is 12.7 Å². The molecule has 1 fully saturated rings. The van der Waals surface area contributed by atoms with Crippen molar-refractivity contribution in [1.82, 2.24) is 0 Å². The summed E-state index contributed by atoms with van der Waals surface area (Å²) in [6.07, 6.45) is 4.45. The largest absolute Gasteiger partial charge is 0.412 e. The van der Waals surface area contributed by atoms with Crippen molar-refractivity contribution in [3.8, 4) is 0 Å². The van der Waals surface area contributed by atoms with E-state index in [2.05, 4.69) is 26.2 Å². The topological polar surface area (TPSA) is 18.5 Å². The van der Waals surface area contributed by atoms with Crippen LogP contribution in [0.3, 0.4) is 0 Å². The van der Waals surface area contributed by atoms with E-state index in [4.69, 9.17) is 9.16 Å². The van der Waals surface area contributed by atoms with E-state index >= 15 is 0 Å². The lowest BCUT2D eigenvalue weighted by Crippen LogP contribution is -2.41. The lowest BCUT2D eigenvalue weighted by Gasteiger charge is -2.34. The standard InChI is InChI=1S/C10H20O2Si/c1-5-9-10(7-6-8-11-9)12-13(2,3)4/h5,9-10H,1,6-8H2,2-4H3/t9-,10-/m0/s1. The summed E-state index contributed by atoms with van der Waals surface area (Å²) in [4.78, 5) is 0. The van der Waals surface area contributed by atoms with E-state index in [1.807, 2.05) is 6.08 Å². The molecule has 0 aromatic carbocycles. The SMILES string of the molecule is C=C[C@@H]1OCCC[C@@H]1O[Si](C)(C)C. The highest BCUT2D eigenvalue weighted by Gasteiger charge is 2.28. The molecular weight excluding hydrogens is 180 g/mol. The summed E-state index contributed by atoms with van der Waals surface area (Å²) >= 11 is 0. The van der Waals surface area contributed by atoms with E-state index in [0.717, 1.165) is 19.4 Å². The molecule has 1 rings (SSSR count). The van der Waals surface area contributed by atoms with Gasteiger partial charge in [0.15, 0.2) is 8.32 Å². The number of hydrogen-bond donors (Lipinski definition) is 0. The highest BCUT2D eigenvalue weighted by molar-refractivity contribution is 6.69. The van der Waals surface area contributed by atoms with Gasteiger partial charge in [-0.05, 0) is 32.5 Å². The number of ether oxygens (including phenoxy) is 1. The van der Waals surface area contributed by atoms with Crippen LogP contribution in [-0.2, 0) is 9.16 Å². The third kappa shape index (κ3) is 3.63. The van der Waals surface area contributed by atoms with Crippen LogP contribution in [0.2, 0.25) is 19.6 Å². The third-order valence-corrected chi connectivity index (χ3v) is 3.06. The van der Waals surface area contributed by atoms with E-state index in [9.17, 15) is 0 Å². The van der Waals surface area contributed by atoms with Gasteiger partial charge in [-0.15, -0.1) is 6.58 Å². The molecule has 2 atom stereocenters. The van der Waals surface area contributed by atoms with E-state index in [0.29, 0.717) is 0 Å². The van der Waals surface area contributed by atoms with Crippen LogP contribution in [0.15, 0.2) is 12.7 Å². The Hall–Kier alpha value is -0.123. The molecule has 0 aromatic heterocycles. The molecule has 0 aromatic rings. The Morgan fingerprint density at radius 1 is 1.46 bits per heavy atom. The maximum Gasteiger partial charge on any atom is 0.184 e. The molecule has 2 nitrogen and oxygen atoms in total. The highest BCUT2D eigenvalue weighted by atomic mass is 28.4. The first-order chi connectivity index (χ1) is 6.03. The van der Waals surface area contributed by atoms with Crippen molar-refractivity contribution in [2.75, 3.05) is 6.61 Å². The Kier molecular flexibility index (Phi) is 3.70. The molecular formula is C10H20O2Si. The molecule has 1 heterocycles. The molecule has 1 saturated heterocycles. The molecule has 1 aliphatic rings. The molecule has 1 aliphatic heterocycles. The minimum atomic E-state index is -1.43. The van der Waals surface area contributed by atoms with Gasteiger partial charge >= 0.3 is 0 Å².